The van der Waals surface area contributed by atoms with E-state index >= 15 is 0 Å². The van der Waals surface area contributed by atoms with Gasteiger partial charge in [0.15, 0.2) is 5.60 Å². The zero-order valence-electron chi connectivity index (χ0n) is 13.8. The Hall–Kier alpha value is -2.24. The van der Waals surface area contributed by atoms with Crippen LogP contribution in [0.5, 0.6) is 0 Å². The summed E-state index contributed by atoms with van der Waals surface area (Å²) in [5.74, 6) is -0.655. The molecule has 6 heteroatoms. The molecule has 0 spiro atoms. The van der Waals surface area contributed by atoms with Crippen LogP contribution in [0.15, 0.2) is 29.6 Å². The number of pyridine rings is 1. The number of carbonyl (C=O) groups is 2. The van der Waals surface area contributed by atoms with Gasteiger partial charge in [0.1, 0.15) is 0 Å². The molecule has 2 atom stereocenters. The minimum atomic E-state index is -1.14. The minimum absolute atomic E-state index is 0.295. The van der Waals surface area contributed by atoms with E-state index < -0.39 is 16.4 Å². The summed E-state index contributed by atoms with van der Waals surface area (Å²) in [6.07, 6.45) is 4.52. The third-order valence-electron chi connectivity index (χ3n) is 5.85. The molecule has 3 rings (SSSR count). The van der Waals surface area contributed by atoms with Crippen LogP contribution in [-0.2, 0) is 14.3 Å². The molecular weight excluding hydrogens is 294 g/mol. The monoisotopic (exact) mass is 315 g/mol. The summed E-state index contributed by atoms with van der Waals surface area (Å²) in [5.41, 5.74) is 1.72. The van der Waals surface area contributed by atoms with Crippen molar-refractivity contribution in [2.24, 2.45) is 15.9 Å². The highest BCUT2D eigenvalue weighted by Gasteiger charge is 2.75. The molecule has 23 heavy (non-hydrogen) atoms. The molecule has 2 aliphatic rings. The average Bonchev–Trinajstić information content (AvgIpc) is 2.83. The van der Waals surface area contributed by atoms with Crippen LogP contribution in [0.4, 0.5) is 0 Å². The van der Waals surface area contributed by atoms with Crippen molar-refractivity contribution in [2.75, 3.05) is 0 Å². The van der Waals surface area contributed by atoms with E-state index in [2.05, 4.69) is 15.5 Å². The van der Waals surface area contributed by atoms with Gasteiger partial charge in [-0.25, -0.2) is 5.43 Å². The first-order chi connectivity index (χ1) is 10.7. The molecule has 0 radical (unpaired) electrons. The number of rotatable bonds is 3. The van der Waals surface area contributed by atoms with Gasteiger partial charge in [0.2, 0.25) is 0 Å². The van der Waals surface area contributed by atoms with Crippen molar-refractivity contribution in [3.8, 4) is 0 Å². The number of carbonyl (C=O) groups excluding carboxylic acids is 2. The first-order valence-electron chi connectivity index (χ1n) is 7.73. The molecule has 1 saturated heterocycles. The molecule has 2 fully saturated rings. The molecule has 6 nitrogen and oxygen atoms in total. The Kier molecular flexibility index (Phi) is 3.32. The van der Waals surface area contributed by atoms with Crippen molar-refractivity contribution in [2.45, 2.75) is 46.1 Å². The number of nitrogens with zero attached hydrogens (tertiary/aromatic N) is 2. The molecule has 2 bridgehead atoms. The number of hydrogen-bond acceptors (Lipinski definition) is 5. The standard InChI is InChI=1S/C17H21N3O3/c1-11(12-6-5-9-18-10-12)19-20-13(21)17-8-7-16(4,14(22)23-17)15(17,2)3/h5-6,9-10H,7-8H2,1-4H3,(H,20,21). The van der Waals surface area contributed by atoms with Crippen LogP contribution in [0.2, 0.25) is 0 Å². The molecule has 1 aliphatic heterocycles. The van der Waals surface area contributed by atoms with Crippen molar-refractivity contribution >= 4 is 17.6 Å². The van der Waals surface area contributed by atoms with E-state index in [-0.39, 0.29) is 11.9 Å². The van der Waals surface area contributed by atoms with Crippen molar-refractivity contribution in [3.63, 3.8) is 0 Å². The van der Waals surface area contributed by atoms with E-state index in [4.69, 9.17) is 4.74 Å². The Bertz CT molecular complexity index is 698. The van der Waals surface area contributed by atoms with Gasteiger partial charge in [-0.3, -0.25) is 14.6 Å². The molecule has 1 N–H and O–H groups in total. The molecule has 1 amide bonds. The van der Waals surface area contributed by atoms with Crippen LogP contribution in [0.25, 0.3) is 0 Å². The molecular formula is C17H21N3O3. The summed E-state index contributed by atoms with van der Waals surface area (Å²) in [4.78, 5) is 29.0. The number of esters is 1. The van der Waals surface area contributed by atoms with Crippen LogP contribution >= 0.6 is 0 Å². The fraction of sp³-hybridized carbons (Fsp3) is 0.529. The lowest BCUT2D eigenvalue weighted by molar-refractivity contribution is -0.168. The molecule has 122 valence electrons. The fourth-order valence-electron chi connectivity index (χ4n) is 3.61. The maximum Gasteiger partial charge on any atom is 0.313 e. The van der Waals surface area contributed by atoms with E-state index in [0.29, 0.717) is 18.6 Å². The topological polar surface area (TPSA) is 80.7 Å². The molecule has 1 aromatic heterocycles. The summed E-state index contributed by atoms with van der Waals surface area (Å²) in [6.45, 7) is 7.51. The van der Waals surface area contributed by atoms with Gasteiger partial charge in [-0.1, -0.05) is 19.9 Å². The van der Waals surface area contributed by atoms with Crippen LogP contribution in [0, 0.1) is 10.8 Å². The number of fused-ring (bicyclic) bond motifs is 2. The van der Waals surface area contributed by atoms with Gasteiger partial charge in [-0.05, 0) is 32.8 Å². The second-order valence-electron chi connectivity index (χ2n) is 7.05. The van der Waals surface area contributed by atoms with E-state index in [9.17, 15) is 9.59 Å². The third kappa shape index (κ3) is 1.93. The second-order valence-corrected chi connectivity index (χ2v) is 7.05. The maximum atomic E-state index is 12.8. The van der Waals surface area contributed by atoms with Gasteiger partial charge in [-0.2, -0.15) is 5.10 Å². The average molecular weight is 315 g/mol. The first kappa shape index (κ1) is 15.6. The zero-order chi connectivity index (χ0) is 16.9. The molecule has 1 saturated carbocycles. The number of ether oxygens (including phenoxy) is 1. The lowest BCUT2D eigenvalue weighted by Gasteiger charge is -2.34. The van der Waals surface area contributed by atoms with Crippen molar-refractivity contribution in [1.82, 2.24) is 10.4 Å². The number of hydrogen-bond donors (Lipinski definition) is 1. The Balaban J connectivity index is 1.83. The van der Waals surface area contributed by atoms with Gasteiger partial charge in [0.25, 0.3) is 5.91 Å². The smallest absolute Gasteiger partial charge is 0.313 e. The Morgan fingerprint density at radius 2 is 2.09 bits per heavy atom. The quantitative estimate of drug-likeness (QED) is 0.526. The predicted molar refractivity (Wildman–Crippen MR) is 84.5 cm³/mol. The summed E-state index contributed by atoms with van der Waals surface area (Å²) in [7, 11) is 0. The van der Waals surface area contributed by atoms with E-state index in [1.807, 2.05) is 26.8 Å². The molecule has 2 heterocycles. The molecule has 1 aliphatic carbocycles. The lowest BCUT2D eigenvalue weighted by Crippen LogP contribution is -2.52. The van der Waals surface area contributed by atoms with Crippen LogP contribution in [0.1, 0.15) is 46.1 Å². The lowest BCUT2D eigenvalue weighted by atomic mass is 9.66. The van der Waals surface area contributed by atoms with Gasteiger partial charge in [0.05, 0.1) is 11.1 Å². The van der Waals surface area contributed by atoms with Crippen LogP contribution < -0.4 is 5.43 Å². The number of amides is 1. The minimum Gasteiger partial charge on any atom is -0.448 e. The highest BCUT2D eigenvalue weighted by Crippen LogP contribution is 2.65. The Morgan fingerprint density at radius 1 is 1.35 bits per heavy atom. The normalized spacial score (nSPS) is 31.8. The second kappa shape index (κ2) is 4.88. The summed E-state index contributed by atoms with van der Waals surface area (Å²) >= 11 is 0. The summed E-state index contributed by atoms with van der Waals surface area (Å²) in [5, 5.41) is 4.15. The van der Waals surface area contributed by atoms with Crippen LogP contribution in [-0.4, -0.2) is 28.2 Å². The van der Waals surface area contributed by atoms with Crippen molar-refractivity contribution in [3.05, 3.63) is 30.1 Å². The van der Waals surface area contributed by atoms with E-state index in [1.165, 1.54) is 0 Å². The Labute approximate surface area is 135 Å². The highest BCUT2D eigenvalue weighted by atomic mass is 16.6. The van der Waals surface area contributed by atoms with E-state index in [1.54, 1.807) is 25.4 Å². The summed E-state index contributed by atoms with van der Waals surface area (Å²) < 4.78 is 5.53. The summed E-state index contributed by atoms with van der Waals surface area (Å²) in [6, 6.07) is 3.67. The largest absolute Gasteiger partial charge is 0.448 e. The Morgan fingerprint density at radius 3 is 2.61 bits per heavy atom. The zero-order valence-corrected chi connectivity index (χ0v) is 13.8. The third-order valence-corrected chi connectivity index (χ3v) is 5.85. The highest BCUT2D eigenvalue weighted by molar-refractivity contribution is 6.00. The molecule has 1 aromatic rings. The predicted octanol–water partition coefficient (Wildman–Crippen LogP) is 2.04. The van der Waals surface area contributed by atoms with Crippen LogP contribution in [0.3, 0.4) is 0 Å². The molecule has 0 aromatic carbocycles. The van der Waals surface area contributed by atoms with E-state index in [0.717, 1.165) is 5.56 Å². The first-order valence-corrected chi connectivity index (χ1v) is 7.73. The van der Waals surface area contributed by atoms with Gasteiger partial charge < -0.3 is 4.74 Å². The number of hydrazone groups is 1. The van der Waals surface area contributed by atoms with Crippen molar-refractivity contribution < 1.29 is 14.3 Å². The maximum absolute atomic E-state index is 12.8. The van der Waals surface area contributed by atoms with Gasteiger partial charge in [0, 0.05) is 23.4 Å². The van der Waals surface area contributed by atoms with Gasteiger partial charge in [-0.15, -0.1) is 0 Å². The van der Waals surface area contributed by atoms with Gasteiger partial charge >= 0.3 is 5.97 Å². The van der Waals surface area contributed by atoms with Crippen molar-refractivity contribution in [1.29, 1.82) is 0 Å². The SMILES string of the molecule is CC(=NNC(=O)C12CCC(C)(C(=O)O1)C2(C)C)c1cccnc1. The molecule has 2 unspecified atom stereocenters. The fourth-order valence-corrected chi connectivity index (χ4v) is 3.61. The number of aromatic nitrogens is 1. The number of nitrogens with one attached hydrogen (secondary N) is 1.